The fraction of sp³-hybridized carbons (Fsp3) is 0.529. The third-order valence-corrected chi connectivity index (χ3v) is 4.24. The summed E-state index contributed by atoms with van der Waals surface area (Å²) in [4.78, 5) is 26.4. The molecule has 0 bridgehead atoms. The lowest BCUT2D eigenvalue weighted by Crippen LogP contribution is -2.51. The van der Waals surface area contributed by atoms with Gasteiger partial charge in [-0.05, 0) is 31.9 Å². The number of esters is 1. The summed E-state index contributed by atoms with van der Waals surface area (Å²) in [6.45, 7) is 1.77. The van der Waals surface area contributed by atoms with Gasteiger partial charge in [-0.25, -0.2) is 4.79 Å². The SMILES string of the molecule is CCOC(=O)[C@H](COC)N(C(=O)COc1cc(Cl)ccc1Cl)C1CC1. The van der Waals surface area contributed by atoms with Gasteiger partial charge in [-0.1, -0.05) is 23.2 Å². The molecular formula is C17H21Cl2NO5. The average Bonchev–Trinajstić information content (AvgIpc) is 3.40. The van der Waals surface area contributed by atoms with Crippen molar-refractivity contribution < 1.29 is 23.8 Å². The molecule has 1 saturated carbocycles. The van der Waals surface area contributed by atoms with Gasteiger partial charge in [0, 0.05) is 24.2 Å². The van der Waals surface area contributed by atoms with Gasteiger partial charge >= 0.3 is 5.97 Å². The van der Waals surface area contributed by atoms with Gasteiger partial charge in [-0.15, -0.1) is 0 Å². The molecule has 0 heterocycles. The maximum Gasteiger partial charge on any atom is 0.331 e. The van der Waals surface area contributed by atoms with Crippen LogP contribution in [0.25, 0.3) is 0 Å². The van der Waals surface area contributed by atoms with Crippen LogP contribution in [-0.4, -0.2) is 55.8 Å². The third kappa shape index (κ3) is 5.49. The summed E-state index contributed by atoms with van der Waals surface area (Å²) >= 11 is 11.9. The number of rotatable bonds is 9. The molecule has 1 aromatic rings. The van der Waals surface area contributed by atoms with E-state index in [0.717, 1.165) is 12.8 Å². The van der Waals surface area contributed by atoms with Gasteiger partial charge in [0.2, 0.25) is 0 Å². The van der Waals surface area contributed by atoms with E-state index in [1.165, 1.54) is 18.1 Å². The van der Waals surface area contributed by atoms with Crippen molar-refractivity contribution in [3.05, 3.63) is 28.2 Å². The van der Waals surface area contributed by atoms with Crippen molar-refractivity contribution in [1.82, 2.24) is 4.90 Å². The second kappa shape index (κ2) is 9.27. The molecule has 0 aliphatic heterocycles. The number of benzene rings is 1. The summed E-state index contributed by atoms with van der Waals surface area (Å²) in [5, 5.41) is 0.809. The molecule has 0 spiro atoms. The Hall–Kier alpha value is -1.50. The third-order valence-electron chi connectivity index (χ3n) is 3.69. The first-order valence-electron chi connectivity index (χ1n) is 8.02. The Balaban J connectivity index is 2.08. The zero-order valence-corrected chi connectivity index (χ0v) is 15.7. The largest absolute Gasteiger partial charge is 0.482 e. The Bertz CT molecular complexity index is 621. The molecular weight excluding hydrogens is 369 g/mol. The van der Waals surface area contributed by atoms with Crippen molar-refractivity contribution in [2.24, 2.45) is 0 Å². The van der Waals surface area contributed by atoms with Crippen molar-refractivity contribution in [3.63, 3.8) is 0 Å². The molecule has 8 heteroatoms. The van der Waals surface area contributed by atoms with E-state index < -0.39 is 12.0 Å². The molecule has 1 aliphatic rings. The summed E-state index contributed by atoms with van der Waals surface area (Å²) in [5.74, 6) is -0.489. The van der Waals surface area contributed by atoms with Gasteiger partial charge in [-0.3, -0.25) is 4.79 Å². The van der Waals surface area contributed by atoms with Gasteiger partial charge in [0.1, 0.15) is 5.75 Å². The Kier molecular flexibility index (Phi) is 7.35. The lowest BCUT2D eigenvalue weighted by Gasteiger charge is -2.29. The second-order valence-electron chi connectivity index (χ2n) is 5.62. The Morgan fingerprint density at radius 2 is 2.04 bits per heavy atom. The summed E-state index contributed by atoms with van der Waals surface area (Å²) in [5.41, 5.74) is 0. The van der Waals surface area contributed by atoms with Crippen LogP contribution >= 0.6 is 23.2 Å². The topological polar surface area (TPSA) is 65.1 Å². The highest BCUT2D eigenvalue weighted by atomic mass is 35.5. The van der Waals surface area contributed by atoms with Crippen LogP contribution in [0.4, 0.5) is 0 Å². The first-order valence-corrected chi connectivity index (χ1v) is 8.78. The lowest BCUT2D eigenvalue weighted by molar-refractivity contribution is -0.158. The maximum absolute atomic E-state index is 12.7. The first kappa shape index (κ1) is 19.8. The van der Waals surface area contributed by atoms with Crippen LogP contribution in [0.3, 0.4) is 0 Å². The predicted octanol–water partition coefficient (Wildman–Crippen LogP) is 2.94. The molecule has 0 aromatic heterocycles. The van der Waals surface area contributed by atoms with E-state index >= 15 is 0 Å². The van der Waals surface area contributed by atoms with Crippen molar-refractivity contribution in [2.45, 2.75) is 31.8 Å². The second-order valence-corrected chi connectivity index (χ2v) is 6.46. The van der Waals surface area contributed by atoms with Crippen LogP contribution in [0.2, 0.25) is 10.0 Å². The van der Waals surface area contributed by atoms with Crippen LogP contribution < -0.4 is 4.74 Å². The summed E-state index contributed by atoms with van der Waals surface area (Å²) < 4.78 is 15.7. The van der Waals surface area contributed by atoms with E-state index in [9.17, 15) is 9.59 Å². The lowest BCUT2D eigenvalue weighted by atomic mass is 10.2. The molecule has 0 saturated heterocycles. The minimum Gasteiger partial charge on any atom is -0.482 e. The molecule has 0 unspecified atom stereocenters. The molecule has 1 atom stereocenters. The smallest absolute Gasteiger partial charge is 0.331 e. The van der Waals surface area contributed by atoms with Crippen LogP contribution in [0.1, 0.15) is 19.8 Å². The minimum absolute atomic E-state index is 0.00418. The molecule has 1 aliphatic carbocycles. The van der Waals surface area contributed by atoms with Gasteiger partial charge in [0.05, 0.1) is 18.2 Å². The van der Waals surface area contributed by atoms with Gasteiger partial charge in [-0.2, -0.15) is 0 Å². The molecule has 138 valence electrons. The van der Waals surface area contributed by atoms with Crippen LogP contribution in [0, 0.1) is 0 Å². The molecule has 2 rings (SSSR count). The van der Waals surface area contributed by atoms with Crippen molar-refractivity contribution in [3.8, 4) is 5.75 Å². The molecule has 1 amide bonds. The highest BCUT2D eigenvalue weighted by molar-refractivity contribution is 6.34. The quantitative estimate of drug-likeness (QED) is 0.607. The molecule has 1 aromatic carbocycles. The van der Waals surface area contributed by atoms with Crippen molar-refractivity contribution in [1.29, 1.82) is 0 Å². The maximum atomic E-state index is 12.7. The number of hydrogen-bond acceptors (Lipinski definition) is 5. The molecule has 0 radical (unpaired) electrons. The normalized spacial score (nSPS) is 14.7. The molecule has 0 N–H and O–H groups in total. The van der Waals surface area contributed by atoms with Crippen molar-refractivity contribution >= 4 is 35.1 Å². The van der Waals surface area contributed by atoms with Gasteiger partial charge < -0.3 is 19.1 Å². The van der Waals surface area contributed by atoms with Crippen LogP contribution in [-0.2, 0) is 19.1 Å². The zero-order valence-electron chi connectivity index (χ0n) is 14.2. The number of carbonyl (C=O) groups is 2. The highest BCUT2D eigenvalue weighted by Crippen LogP contribution is 2.31. The minimum atomic E-state index is -0.789. The van der Waals surface area contributed by atoms with E-state index in [2.05, 4.69) is 0 Å². The van der Waals surface area contributed by atoms with Gasteiger partial charge in [0.15, 0.2) is 12.6 Å². The Labute approximate surface area is 156 Å². The monoisotopic (exact) mass is 389 g/mol. The summed E-state index contributed by atoms with van der Waals surface area (Å²) in [6.07, 6.45) is 1.67. The van der Waals surface area contributed by atoms with E-state index in [1.807, 2.05) is 0 Å². The summed E-state index contributed by atoms with van der Waals surface area (Å²) in [6, 6.07) is 3.97. The van der Waals surface area contributed by atoms with Crippen LogP contribution in [0.15, 0.2) is 18.2 Å². The van der Waals surface area contributed by atoms with E-state index in [-0.39, 0.29) is 31.8 Å². The number of carbonyl (C=O) groups excluding carboxylic acids is 2. The van der Waals surface area contributed by atoms with E-state index in [1.54, 1.807) is 19.1 Å². The molecule has 25 heavy (non-hydrogen) atoms. The van der Waals surface area contributed by atoms with Crippen LogP contribution in [0.5, 0.6) is 5.75 Å². The molecule has 1 fully saturated rings. The Morgan fingerprint density at radius 1 is 1.32 bits per heavy atom. The first-order chi connectivity index (χ1) is 12.0. The summed E-state index contributed by atoms with van der Waals surface area (Å²) in [7, 11) is 1.48. The number of nitrogens with zero attached hydrogens (tertiary/aromatic N) is 1. The van der Waals surface area contributed by atoms with Crippen molar-refractivity contribution in [2.75, 3.05) is 26.9 Å². The predicted molar refractivity (Wildman–Crippen MR) is 94.1 cm³/mol. The fourth-order valence-electron chi connectivity index (χ4n) is 2.44. The van der Waals surface area contributed by atoms with E-state index in [0.29, 0.717) is 15.8 Å². The number of halogens is 2. The zero-order chi connectivity index (χ0) is 18.4. The number of ether oxygens (including phenoxy) is 3. The number of hydrogen-bond donors (Lipinski definition) is 0. The van der Waals surface area contributed by atoms with E-state index in [4.69, 9.17) is 37.4 Å². The Morgan fingerprint density at radius 3 is 2.64 bits per heavy atom. The number of methoxy groups -OCH3 is 1. The standard InChI is InChI=1S/C17H21Cl2NO5/c1-3-24-17(22)14(9-23-2)20(12-5-6-12)16(21)10-25-15-8-11(18)4-7-13(15)19/h4,7-8,12,14H,3,5-6,9-10H2,1-2H3/t14-/m0/s1. The van der Waals surface area contributed by atoms with Gasteiger partial charge in [0.25, 0.3) is 5.91 Å². The molecule has 6 nitrogen and oxygen atoms in total. The number of amides is 1. The fourth-order valence-corrected chi connectivity index (χ4v) is 2.78. The average molecular weight is 390 g/mol. The highest BCUT2D eigenvalue weighted by Gasteiger charge is 2.41.